The fraction of sp³-hybridized carbons (Fsp3) is 0.515. The summed E-state index contributed by atoms with van der Waals surface area (Å²) in [4.78, 5) is 27.6. The Morgan fingerprint density at radius 1 is 0.920 bits per heavy atom. The average molecular weight is 715 g/mol. The zero-order valence-electron chi connectivity index (χ0n) is 27.9. The van der Waals surface area contributed by atoms with Crippen molar-refractivity contribution in [2.75, 3.05) is 27.3 Å². The number of methoxy groups -OCH3 is 2. The smallest absolute Gasteiger partial charge is 0.493 e. The van der Waals surface area contributed by atoms with E-state index in [-0.39, 0.29) is 65.5 Å². The number of alkyl halides is 6. The number of halogens is 6. The van der Waals surface area contributed by atoms with Crippen LogP contribution in [0.2, 0.25) is 0 Å². The molecule has 5 rings (SSSR count). The zero-order chi connectivity index (χ0) is 36.6. The Kier molecular flexibility index (Phi) is 10.3. The van der Waals surface area contributed by atoms with Gasteiger partial charge in [-0.05, 0) is 63.8 Å². The lowest BCUT2D eigenvalue weighted by Gasteiger charge is -2.33. The van der Waals surface area contributed by atoms with Crippen molar-refractivity contribution in [3.05, 3.63) is 59.2 Å². The van der Waals surface area contributed by atoms with Gasteiger partial charge in [0.15, 0.2) is 17.3 Å². The Morgan fingerprint density at radius 3 is 2.22 bits per heavy atom. The van der Waals surface area contributed by atoms with Crippen LogP contribution in [-0.4, -0.2) is 70.8 Å². The highest BCUT2D eigenvalue weighted by molar-refractivity contribution is 5.77. The van der Waals surface area contributed by atoms with E-state index in [2.05, 4.69) is 14.9 Å². The molecule has 1 saturated heterocycles. The highest BCUT2D eigenvalue weighted by Gasteiger charge is 2.45. The maximum absolute atomic E-state index is 14.4. The number of aromatic nitrogens is 3. The third-order valence-corrected chi connectivity index (χ3v) is 8.20. The highest BCUT2D eigenvalue weighted by Crippen LogP contribution is 2.48. The van der Waals surface area contributed by atoms with E-state index in [9.17, 15) is 35.9 Å². The molecule has 2 aliphatic rings. The second-order valence-corrected chi connectivity index (χ2v) is 12.9. The number of benzene rings is 2. The summed E-state index contributed by atoms with van der Waals surface area (Å²) in [6.45, 7) is 5.84. The number of ether oxygens (including phenoxy) is 5. The van der Waals surface area contributed by atoms with Crippen LogP contribution in [0.3, 0.4) is 0 Å². The Balaban J connectivity index is 1.53. The summed E-state index contributed by atoms with van der Waals surface area (Å²) in [6, 6.07) is 7.40. The molecule has 3 aromatic rings. The van der Waals surface area contributed by atoms with E-state index in [1.807, 2.05) is 0 Å². The molecule has 0 spiro atoms. The van der Waals surface area contributed by atoms with Crippen molar-refractivity contribution in [2.45, 2.75) is 76.8 Å². The number of carbonyl (C=O) groups excluding carboxylic acids is 2. The number of para-hydroxylation sites is 1. The minimum absolute atomic E-state index is 0.0343. The number of fused-ring (bicyclic) bond motifs is 3. The van der Waals surface area contributed by atoms with Crippen molar-refractivity contribution < 1.29 is 59.6 Å². The minimum atomic E-state index is -5.11. The molecule has 11 nitrogen and oxygen atoms in total. The van der Waals surface area contributed by atoms with Crippen LogP contribution in [0.25, 0.3) is 5.69 Å². The van der Waals surface area contributed by atoms with Gasteiger partial charge in [0.05, 0.1) is 26.3 Å². The fourth-order valence-corrected chi connectivity index (χ4v) is 6.16. The van der Waals surface area contributed by atoms with Gasteiger partial charge in [-0.25, -0.2) is 0 Å². The summed E-state index contributed by atoms with van der Waals surface area (Å²) in [6.07, 6.45) is -12.4. The molecule has 2 aromatic carbocycles. The summed E-state index contributed by atoms with van der Waals surface area (Å²) in [5.41, 5.74) is -0.884. The molecule has 0 unspecified atom stereocenters. The van der Waals surface area contributed by atoms with E-state index in [1.54, 1.807) is 32.9 Å². The van der Waals surface area contributed by atoms with Gasteiger partial charge in [0.1, 0.15) is 23.6 Å². The first kappa shape index (κ1) is 36.7. The summed E-state index contributed by atoms with van der Waals surface area (Å²) in [5.74, 6) is -3.14. The Hall–Kier alpha value is -4.54. The van der Waals surface area contributed by atoms with E-state index >= 15 is 0 Å². The Morgan fingerprint density at radius 2 is 1.62 bits per heavy atom. The lowest BCUT2D eigenvalue weighted by Crippen LogP contribution is -2.40. The predicted molar refractivity (Wildman–Crippen MR) is 163 cm³/mol. The fourth-order valence-electron chi connectivity index (χ4n) is 6.16. The van der Waals surface area contributed by atoms with Crippen LogP contribution >= 0.6 is 0 Å². The molecule has 1 aromatic heterocycles. The molecular weight excluding hydrogens is 678 g/mol. The van der Waals surface area contributed by atoms with Crippen molar-refractivity contribution in [1.29, 1.82) is 0 Å². The molecule has 2 aliphatic heterocycles. The number of amides is 1. The number of hydrogen-bond donors (Lipinski definition) is 0. The van der Waals surface area contributed by atoms with Crippen LogP contribution in [0.5, 0.6) is 17.2 Å². The quantitative estimate of drug-likeness (QED) is 0.185. The first-order valence-electron chi connectivity index (χ1n) is 15.7. The number of piperidine rings is 1. The van der Waals surface area contributed by atoms with E-state index in [1.165, 1.54) is 25.2 Å². The molecule has 0 bridgehead atoms. The lowest BCUT2D eigenvalue weighted by atomic mass is 9.93. The average Bonchev–Trinajstić information content (AvgIpc) is 3.42. The molecule has 1 amide bonds. The van der Waals surface area contributed by atoms with E-state index < -0.39 is 54.2 Å². The second-order valence-electron chi connectivity index (χ2n) is 12.9. The summed E-state index contributed by atoms with van der Waals surface area (Å²) < 4.78 is 111. The standard InChI is InChI=1S/C33H36F6N4O7/c1-31(2,3)50-26(45)15-18-11-13-42(14-12-18)25(44)17-24-29-40-41-30(32(34,35)36)43(29)22-10-9-19(49-33(37,38)39)16-21(22)27(48-24)20-7-6-8-23(46-4)28(20)47-5/h6-10,16,18,24,27H,11-15,17H2,1-5H3/t24-,27-/m1/s1. The van der Waals surface area contributed by atoms with Crippen LogP contribution in [0, 0.1) is 5.92 Å². The molecule has 1 fully saturated rings. The number of carbonyl (C=O) groups is 2. The number of esters is 1. The van der Waals surface area contributed by atoms with E-state index in [0.717, 1.165) is 18.2 Å². The van der Waals surface area contributed by atoms with Gasteiger partial charge in [-0.2, -0.15) is 13.2 Å². The van der Waals surface area contributed by atoms with Crippen molar-refractivity contribution in [2.24, 2.45) is 5.92 Å². The monoisotopic (exact) mass is 714 g/mol. The third-order valence-electron chi connectivity index (χ3n) is 8.20. The molecule has 0 radical (unpaired) electrons. The first-order valence-corrected chi connectivity index (χ1v) is 15.7. The third kappa shape index (κ3) is 8.25. The van der Waals surface area contributed by atoms with Crippen molar-refractivity contribution in [3.8, 4) is 22.9 Å². The van der Waals surface area contributed by atoms with Gasteiger partial charge in [0, 0.05) is 30.6 Å². The van der Waals surface area contributed by atoms with E-state index in [4.69, 9.17) is 18.9 Å². The lowest BCUT2D eigenvalue weighted by molar-refractivity contribution is -0.274. The van der Waals surface area contributed by atoms with Crippen LogP contribution < -0.4 is 14.2 Å². The number of nitrogens with zero attached hydrogens (tertiary/aromatic N) is 4. The normalized spacial score (nSPS) is 18.5. The van der Waals surface area contributed by atoms with Crippen LogP contribution in [-0.2, 0) is 25.2 Å². The largest absolute Gasteiger partial charge is 0.573 e. The van der Waals surface area contributed by atoms with Crippen LogP contribution in [0.15, 0.2) is 36.4 Å². The Labute approximate surface area is 283 Å². The van der Waals surface area contributed by atoms with Gasteiger partial charge in [-0.15, -0.1) is 23.4 Å². The van der Waals surface area contributed by atoms with Crippen molar-refractivity contribution in [3.63, 3.8) is 0 Å². The van der Waals surface area contributed by atoms with Gasteiger partial charge in [-0.3, -0.25) is 14.2 Å². The molecule has 50 heavy (non-hydrogen) atoms. The van der Waals surface area contributed by atoms with E-state index in [0.29, 0.717) is 17.4 Å². The van der Waals surface area contributed by atoms with Gasteiger partial charge in [0.2, 0.25) is 11.7 Å². The molecule has 272 valence electrons. The maximum Gasteiger partial charge on any atom is 0.573 e. The maximum atomic E-state index is 14.4. The van der Waals surface area contributed by atoms with Gasteiger partial charge >= 0.3 is 18.5 Å². The van der Waals surface area contributed by atoms with Crippen LogP contribution in [0.1, 0.15) is 81.4 Å². The van der Waals surface area contributed by atoms with Gasteiger partial charge in [0.25, 0.3) is 0 Å². The second kappa shape index (κ2) is 14.0. The zero-order valence-corrected chi connectivity index (χ0v) is 27.9. The van der Waals surface area contributed by atoms with Gasteiger partial charge < -0.3 is 28.6 Å². The predicted octanol–water partition coefficient (Wildman–Crippen LogP) is 6.72. The first-order chi connectivity index (χ1) is 23.4. The van der Waals surface area contributed by atoms with Gasteiger partial charge in [-0.1, -0.05) is 12.1 Å². The SMILES string of the molecule is COc1cccc([C@H]2O[C@H](CC(=O)N3CCC(CC(=O)OC(C)(C)C)CC3)c3nnc(C(F)(F)F)n3-c3ccc(OC(F)(F)F)cc32)c1OC. The van der Waals surface area contributed by atoms with Crippen LogP contribution in [0.4, 0.5) is 26.3 Å². The molecule has 0 saturated carbocycles. The molecular formula is C33H36F6N4O7. The van der Waals surface area contributed by atoms with Crippen molar-refractivity contribution in [1.82, 2.24) is 19.7 Å². The summed E-state index contributed by atoms with van der Waals surface area (Å²) in [7, 11) is 2.67. The summed E-state index contributed by atoms with van der Waals surface area (Å²) in [5, 5.41) is 7.17. The highest BCUT2D eigenvalue weighted by atomic mass is 19.4. The number of rotatable bonds is 8. The molecule has 17 heteroatoms. The topological polar surface area (TPSA) is 114 Å². The number of likely N-dealkylation sites (tertiary alicyclic amines) is 1. The minimum Gasteiger partial charge on any atom is -0.493 e. The van der Waals surface area contributed by atoms with Crippen molar-refractivity contribution >= 4 is 11.9 Å². The molecule has 0 aliphatic carbocycles. The Bertz CT molecular complexity index is 1710. The molecule has 0 N–H and O–H groups in total. The summed E-state index contributed by atoms with van der Waals surface area (Å²) >= 11 is 0. The molecule has 3 heterocycles. The molecule has 2 atom stereocenters. The number of hydrogen-bond acceptors (Lipinski definition) is 9.